The Morgan fingerprint density at radius 1 is 1.40 bits per heavy atom. The highest BCUT2D eigenvalue weighted by Crippen LogP contribution is 2.30. The summed E-state index contributed by atoms with van der Waals surface area (Å²) in [7, 11) is 0. The molecule has 0 N–H and O–H groups in total. The number of allylic oxidation sites excluding steroid dienone is 3. The van der Waals surface area contributed by atoms with Gasteiger partial charge in [0.1, 0.15) is 11.6 Å². The van der Waals surface area contributed by atoms with Crippen molar-refractivity contribution in [3.05, 3.63) is 36.4 Å². The van der Waals surface area contributed by atoms with Gasteiger partial charge in [-0.05, 0) is 31.3 Å². The summed E-state index contributed by atoms with van der Waals surface area (Å²) in [5, 5.41) is 0. The molecule has 0 spiro atoms. The molecule has 0 aliphatic heterocycles. The van der Waals surface area contributed by atoms with Crippen LogP contribution < -0.4 is 0 Å². The van der Waals surface area contributed by atoms with Crippen LogP contribution in [0.25, 0.3) is 0 Å². The average Bonchev–Trinajstić information content (AvgIpc) is 2.98. The van der Waals surface area contributed by atoms with Crippen molar-refractivity contribution in [2.24, 2.45) is 5.92 Å². The average molecular weight is 212 g/mol. The van der Waals surface area contributed by atoms with Gasteiger partial charge in [0.05, 0.1) is 6.61 Å². The molecule has 0 heterocycles. The van der Waals surface area contributed by atoms with E-state index in [2.05, 4.69) is 13.2 Å². The molecule has 0 unspecified atom stereocenters. The zero-order valence-corrected chi connectivity index (χ0v) is 9.98. The summed E-state index contributed by atoms with van der Waals surface area (Å²) in [6, 6.07) is 0. The smallest absolute Gasteiger partial charge is 0.124 e. The second-order valence-corrected chi connectivity index (χ2v) is 3.49. The highest BCUT2D eigenvalue weighted by atomic mass is 19.1. The Hall–Kier alpha value is -1.05. The minimum Gasteiger partial charge on any atom is -0.493 e. The van der Waals surface area contributed by atoms with Crippen LogP contribution in [0.4, 0.5) is 4.39 Å². The quantitative estimate of drug-likeness (QED) is 0.485. The van der Waals surface area contributed by atoms with E-state index in [-0.39, 0.29) is 0 Å². The van der Waals surface area contributed by atoms with Gasteiger partial charge in [-0.25, -0.2) is 4.39 Å². The molecule has 1 rings (SSSR count). The maximum absolute atomic E-state index is 12.5. The maximum Gasteiger partial charge on any atom is 0.124 e. The molecule has 0 radical (unpaired) electrons. The van der Waals surface area contributed by atoms with Crippen LogP contribution in [0.1, 0.15) is 33.6 Å². The number of rotatable bonds is 5. The predicted octanol–water partition coefficient (Wildman–Crippen LogP) is 4.38. The van der Waals surface area contributed by atoms with Crippen molar-refractivity contribution in [3.8, 4) is 0 Å². The van der Waals surface area contributed by atoms with Crippen molar-refractivity contribution in [1.29, 1.82) is 0 Å². The van der Waals surface area contributed by atoms with E-state index in [4.69, 9.17) is 4.74 Å². The Balaban J connectivity index is 0.000000921. The van der Waals surface area contributed by atoms with Crippen molar-refractivity contribution in [2.45, 2.75) is 33.6 Å². The molecule has 0 saturated heterocycles. The second kappa shape index (κ2) is 7.27. The molecule has 0 amide bonds. The van der Waals surface area contributed by atoms with Crippen LogP contribution in [0.15, 0.2) is 36.4 Å². The summed E-state index contributed by atoms with van der Waals surface area (Å²) < 4.78 is 17.9. The van der Waals surface area contributed by atoms with Gasteiger partial charge in [0.25, 0.3) is 0 Å². The van der Waals surface area contributed by atoms with E-state index in [1.165, 1.54) is 18.9 Å². The first-order chi connectivity index (χ1) is 7.09. The molecule has 0 aromatic heterocycles. The van der Waals surface area contributed by atoms with E-state index in [1.807, 2.05) is 13.8 Å². The fourth-order valence-corrected chi connectivity index (χ4v) is 0.922. The molecule has 0 atom stereocenters. The number of hydrogen-bond donors (Lipinski definition) is 0. The standard InChI is InChI=1S/C11H15FO.C2H6/c1-8(2)11(6-9(3)12)13-7-10-4-5-10;1-2/h6,10H,1,3-5,7H2,2H3;1-2H3/b11-6+;. The van der Waals surface area contributed by atoms with Gasteiger partial charge >= 0.3 is 0 Å². The highest BCUT2D eigenvalue weighted by Gasteiger charge is 2.22. The second-order valence-electron chi connectivity index (χ2n) is 3.49. The molecule has 0 aromatic rings. The lowest BCUT2D eigenvalue weighted by molar-refractivity contribution is 0.206. The summed E-state index contributed by atoms with van der Waals surface area (Å²) in [6.07, 6.45) is 3.73. The number of ether oxygens (including phenoxy) is 1. The van der Waals surface area contributed by atoms with E-state index in [1.54, 1.807) is 6.92 Å². The van der Waals surface area contributed by atoms with E-state index in [0.29, 0.717) is 18.3 Å². The largest absolute Gasteiger partial charge is 0.493 e. The highest BCUT2D eigenvalue weighted by molar-refractivity contribution is 5.26. The molecule has 0 bridgehead atoms. The molecule has 0 aromatic carbocycles. The SMILES string of the molecule is C=C(F)/C=C(/OCC1CC1)C(=C)C.CC. The molecule has 1 aliphatic rings. The van der Waals surface area contributed by atoms with Crippen LogP contribution in [0, 0.1) is 5.92 Å². The zero-order chi connectivity index (χ0) is 11.8. The van der Waals surface area contributed by atoms with Crippen molar-refractivity contribution < 1.29 is 9.13 Å². The summed E-state index contributed by atoms with van der Waals surface area (Å²) in [4.78, 5) is 0. The molecule has 1 saturated carbocycles. The maximum atomic E-state index is 12.5. The van der Waals surface area contributed by atoms with Crippen LogP contribution in [-0.2, 0) is 4.74 Å². The van der Waals surface area contributed by atoms with Crippen molar-refractivity contribution in [1.82, 2.24) is 0 Å². The fourth-order valence-electron chi connectivity index (χ4n) is 0.922. The van der Waals surface area contributed by atoms with E-state index in [9.17, 15) is 4.39 Å². The lowest BCUT2D eigenvalue weighted by Gasteiger charge is -2.08. The fraction of sp³-hybridized carbons (Fsp3) is 0.538. The first-order valence-corrected chi connectivity index (χ1v) is 5.44. The van der Waals surface area contributed by atoms with E-state index >= 15 is 0 Å². The van der Waals surface area contributed by atoms with Gasteiger partial charge < -0.3 is 4.74 Å². The van der Waals surface area contributed by atoms with Gasteiger partial charge in [-0.2, -0.15) is 0 Å². The van der Waals surface area contributed by atoms with Crippen LogP contribution in [-0.4, -0.2) is 6.61 Å². The number of halogens is 1. The monoisotopic (exact) mass is 212 g/mol. The third-order valence-electron chi connectivity index (χ3n) is 1.88. The van der Waals surface area contributed by atoms with Crippen molar-refractivity contribution in [3.63, 3.8) is 0 Å². The van der Waals surface area contributed by atoms with Crippen LogP contribution in [0.5, 0.6) is 0 Å². The van der Waals surface area contributed by atoms with E-state index in [0.717, 1.165) is 5.57 Å². The summed E-state index contributed by atoms with van der Waals surface area (Å²) in [6.45, 7) is 13.3. The molecule has 1 aliphatic carbocycles. The minimum absolute atomic E-state index is 0.492. The lowest BCUT2D eigenvalue weighted by atomic mass is 10.2. The Labute approximate surface area is 92.3 Å². The molecular formula is C13H21FO. The Morgan fingerprint density at radius 3 is 2.27 bits per heavy atom. The molecular weight excluding hydrogens is 191 g/mol. The van der Waals surface area contributed by atoms with Crippen LogP contribution in [0.2, 0.25) is 0 Å². The van der Waals surface area contributed by atoms with Crippen LogP contribution in [0.3, 0.4) is 0 Å². The number of hydrogen-bond acceptors (Lipinski definition) is 1. The lowest BCUT2D eigenvalue weighted by Crippen LogP contribution is -1.97. The van der Waals surface area contributed by atoms with Gasteiger partial charge in [-0.3, -0.25) is 0 Å². The Kier molecular flexibility index (Phi) is 6.76. The van der Waals surface area contributed by atoms with Gasteiger partial charge in [-0.1, -0.05) is 27.0 Å². The topological polar surface area (TPSA) is 9.23 Å². The summed E-state index contributed by atoms with van der Waals surface area (Å²) in [5.74, 6) is 0.684. The first kappa shape index (κ1) is 13.9. The zero-order valence-electron chi connectivity index (χ0n) is 9.98. The Morgan fingerprint density at radius 2 is 1.93 bits per heavy atom. The third-order valence-corrected chi connectivity index (χ3v) is 1.88. The van der Waals surface area contributed by atoms with Gasteiger partial charge in [-0.15, -0.1) is 0 Å². The van der Waals surface area contributed by atoms with Gasteiger partial charge in [0.15, 0.2) is 0 Å². The first-order valence-electron chi connectivity index (χ1n) is 5.44. The molecule has 2 heteroatoms. The molecule has 1 nitrogen and oxygen atoms in total. The van der Waals surface area contributed by atoms with Gasteiger partial charge in [0, 0.05) is 6.08 Å². The minimum atomic E-state index is -0.492. The van der Waals surface area contributed by atoms with Crippen LogP contribution >= 0.6 is 0 Å². The van der Waals surface area contributed by atoms with Crippen molar-refractivity contribution >= 4 is 0 Å². The predicted molar refractivity (Wildman–Crippen MR) is 63.2 cm³/mol. The summed E-state index contributed by atoms with van der Waals surface area (Å²) >= 11 is 0. The van der Waals surface area contributed by atoms with E-state index < -0.39 is 5.83 Å². The normalized spacial score (nSPS) is 15.1. The Bertz CT molecular complexity index is 249. The molecule has 86 valence electrons. The summed E-state index contributed by atoms with van der Waals surface area (Å²) in [5.41, 5.74) is 0.736. The third kappa shape index (κ3) is 6.95. The van der Waals surface area contributed by atoms with Crippen molar-refractivity contribution in [2.75, 3.05) is 6.61 Å². The van der Waals surface area contributed by atoms with Gasteiger partial charge in [0.2, 0.25) is 0 Å². The molecule has 1 fully saturated rings. The molecule has 15 heavy (non-hydrogen) atoms.